The molecule has 0 saturated carbocycles. The van der Waals surface area contributed by atoms with E-state index in [0.29, 0.717) is 11.6 Å². The van der Waals surface area contributed by atoms with Gasteiger partial charge in [-0.3, -0.25) is 5.32 Å². The first-order chi connectivity index (χ1) is 7.34. The van der Waals surface area contributed by atoms with E-state index in [9.17, 15) is 4.79 Å². The van der Waals surface area contributed by atoms with Crippen LogP contribution in [-0.2, 0) is 0 Å². The summed E-state index contributed by atoms with van der Waals surface area (Å²) in [6.45, 7) is 0. The van der Waals surface area contributed by atoms with Gasteiger partial charge < -0.3 is 4.74 Å². The fourth-order valence-corrected chi connectivity index (χ4v) is 1.06. The van der Waals surface area contributed by atoms with Crippen LogP contribution in [0.5, 0.6) is 5.88 Å². The van der Waals surface area contributed by atoms with Gasteiger partial charge >= 0.3 is 6.09 Å². The first-order valence-corrected chi connectivity index (χ1v) is 4.38. The number of amides is 1. The van der Waals surface area contributed by atoms with E-state index in [2.05, 4.69) is 15.5 Å². The SMILES string of the molecule is O=C(Nc1ccccc1)Oc1ccn[nH]1. The van der Waals surface area contributed by atoms with Crippen LogP contribution in [-0.4, -0.2) is 16.3 Å². The van der Waals surface area contributed by atoms with Crippen molar-refractivity contribution in [2.75, 3.05) is 5.32 Å². The molecule has 1 aromatic carbocycles. The average molecular weight is 203 g/mol. The minimum Gasteiger partial charge on any atom is -0.392 e. The largest absolute Gasteiger partial charge is 0.418 e. The lowest BCUT2D eigenvalue weighted by molar-refractivity contribution is 0.213. The summed E-state index contributed by atoms with van der Waals surface area (Å²) in [7, 11) is 0. The number of nitrogens with zero attached hydrogens (tertiary/aromatic N) is 1. The van der Waals surface area contributed by atoms with Crippen LogP contribution in [0.3, 0.4) is 0 Å². The zero-order valence-electron chi connectivity index (χ0n) is 7.81. The Balaban J connectivity index is 1.94. The van der Waals surface area contributed by atoms with Gasteiger partial charge in [0.2, 0.25) is 5.88 Å². The third kappa shape index (κ3) is 2.57. The van der Waals surface area contributed by atoms with Gasteiger partial charge in [-0.1, -0.05) is 18.2 Å². The zero-order valence-corrected chi connectivity index (χ0v) is 7.81. The van der Waals surface area contributed by atoms with Crippen molar-refractivity contribution in [3.05, 3.63) is 42.6 Å². The number of carbonyl (C=O) groups is 1. The second-order valence-electron chi connectivity index (χ2n) is 2.80. The number of benzene rings is 1. The number of aromatic nitrogens is 2. The number of para-hydroxylation sites is 1. The van der Waals surface area contributed by atoms with Crippen LogP contribution in [0.25, 0.3) is 0 Å². The van der Waals surface area contributed by atoms with Crippen molar-refractivity contribution in [3.8, 4) is 5.88 Å². The van der Waals surface area contributed by atoms with E-state index >= 15 is 0 Å². The highest BCUT2D eigenvalue weighted by molar-refractivity contribution is 5.85. The predicted octanol–water partition coefficient (Wildman–Crippen LogP) is 2.02. The first-order valence-electron chi connectivity index (χ1n) is 4.38. The molecule has 2 aromatic rings. The Morgan fingerprint density at radius 3 is 2.73 bits per heavy atom. The molecule has 0 spiro atoms. The lowest BCUT2D eigenvalue weighted by Gasteiger charge is -2.03. The second kappa shape index (κ2) is 4.28. The maximum absolute atomic E-state index is 11.3. The fraction of sp³-hybridized carbons (Fsp3) is 0. The molecule has 0 bridgehead atoms. The van der Waals surface area contributed by atoms with E-state index in [1.165, 1.54) is 6.20 Å². The Morgan fingerprint density at radius 2 is 2.07 bits per heavy atom. The van der Waals surface area contributed by atoms with E-state index in [-0.39, 0.29) is 0 Å². The van der Waals surface area contributed by atoms with Crippen molar-refractivity contribution in [3.63, 3.8) is 0 Å². The number of hydrogen-bond acceptors (Lipinski definition) is 3. The zero-order chi connectivity index (χ0) is 10.5. The lowest BCUT2D eigenvalue weighted by atomic mass is 10.3. The Bertz CT molecular complexity index is 425. The van der Waals surface area contributed by atoms with Gasteiger partial charge in [-0.15, -0.1) is 0 Å². The molecule has 1 aromatic heterocycles. The van der Waals surface area contributed by atoms with E-state index in [4.69, 9.17) is 4.74 Å². The summed E-state index contributed by atoms with van der Waals surface area (Å²) < 4.78 is 4.89. The summed E-state index contributed by atoms with van der Waals surface area (Å²) in [4.78, 5) is 11.3. The Kier molecular flexibility index (Phi) is 2.64. The van der Waals surface area contributed by atoms with Crippen LogP contribution in [0.4, 0.5) is 10.5 Å². The van der Waals surface area contributed by atoms with E-state index < -0.39 is 6.09 Å². The monoisotopic (exact) mass is 203 g/mol. The minimum absolute atomic E-state index is 0.309. The number of hydrogen-bond donors (Lipinski definition) is 2. The summed E-state index contributed by atoms with van der Waals surface area (Å²) in [5.41, 5.74) is 0.682. The third-order valence-electron chi connectivity index (χ3n) is 1.70. The van der Waals surface area contributed by atoms with Crippen LogP contribution in [0.2, 0.25) is 0 Å². The molecular weight excluding hydrogens is 194 g/mol. The van der Waals surface area contributed by atoms with Crippen molar-refractivity contribution in [2.45, 2.75) is 0 Å². The number of nitrogens with one attached hydrogen (secondary N) is 2. The lowest BCUT2D eigenvalue weighted by Crippen LogP contribution is -2.16. The number of rotatable bonds is 2. The van der Waals surface area contributed by atoms with E-state index in [1.54, 1.807) is 18.2 Å². The van der Waals surface area contributed by atoms with E-state index in [0.717, 1.165) is 0 Å². The van der Waals surface area contributed by atoms with Crippen molar-refractivity contribution in [1.82, 2.24) is 10.2 Å². The highest BCUT2D eigenvalue weighted by atomic mass is 16.6. The van der Waals surface area contributed by atoms with Crippen molar-refractivity contribution < 1.29 is 9.53 Å². The Hall–Kier alpha value is -2.30. The van der Waals surface area contributed by atoms with E-state index in [1.807, 2.05) is 18.2 Å². The maximum Gasteiger partial charge on any atom is 0.418 e. The molecule has 2 N–H and O–H groups in total. The second-order valence-corrected chi connectivity index (χ2v) is 2.80. The molecule has 15 heavy (non-hydrogen) atoms. The first kappa shape index (κ1) is 9.26. The highest BCUT2D eigenvalue weighted by Crippen LogP contribution is 2.07. The van der Waals surface area contributed by atoms with Crippen LogP contribution in [0.15, 0.2) is 42.6 Å². The van der Waals surface area contributed by atoms with Crippen molar-refractivity contribution in [2.24, 2.45) is 0 Å². The fourth-order valence-electron chi connectivity index (χ4n) is 1.06. The smallest absolute Gasteiger partial charge is 0.392 e. The number of anilines is 1. The molecular formula is C10H9N3O2. The molecule has 0 unspecified atom stereocenters. The number of aromatic amines is 1. The quantitative estimate of drug-likeness (QED) is 0.784. The van der Waals surface area contributed by atoms with Gasteiger partial charge in [-0.05, 0) is 12.1 Å². The van der Waals surface area contributed by atoms with Gasteiger partial charge in [0.1, 0.15) is 0 Å². The Morgan fingerprint density at radius 1 is 1.27 bits per heavy atom. The van der Waals surface area contributed by atoms with Crippen molar-refractivity contribution in [1.29, 1.82) is 0 Å². The van der Waals surface area contributed by atoms with Gasteiger partial charge in [0.15, 0.2) is 0 Å². The summed E-state index contributed by atoms with van der Waals surface area (Å²) in [6.07, 6.45) is 0.955. The molecule has 5 nitrogen and oxygen atoms in total. The molecule has 0 radical (unpaired) electrons. The molecule has 1 amide bonds. The molecule has 2 rings (SSSR count). The maximum atomic E-state index is 11.3. The summed E-state index contributed by atoms with van der Waals surface area (Å²) in [6, 6.07) is 10.6. The third-order valence-corrected chi connectivity index (χ3v) is 1.70. The van der Waals surface area contributed by atoms with Crippen LogP contribution >= 0.6 is 0 Å². The van der Waals surface area contributed by atoms with Crippen LogP contribution in [0.1, 0.15) is 0 Å². The molecule has 0 aliphatic rings. The topological polar surface area (TPSA) is 67.0 Å². The number of H-pyrrole nitrogens is 1. The van der Waals surface area contributed by atoms with Gasteiger partial charge in [-0.25, -0.2) is 9.89 Å². The van der Waals surface area contributed by atoms with Gasteiger partial charge in [0.05, 0.1) is 6.20 Å². The molecule has 0 atom stereocenters. The molecule has 0 fully saturated rings. The molecule has 1 heterocycles. The molecule has 76 valence electrons. The average Bonchev–Trinajstić information content (AvgIpc) is 2.71. The van der Waals surface area contributed by atoms with Crippen molar-refractivity contribution >= 4 is 11.8 Å². The van der Waals surface area contributed by atoms with Gasteiger partial charge in [0.25, 0.3) is 0 Å². The summed E-state index contributed by atoms with van der Waals surface area (Å²) >= 11 is 0. The molecule has 0 aliphatic heterocycles. The normalized spacial score (nSPS) is 9.60. The van der Waals surface area contributed by atoms with Crippen LogP contribution < -0.4 is 10.1 Å². The molecule has 5 heteroatoms. The minimum atomic E-state index is -0.551. The van der Waals surface area contributed by atoms with Gasteiger partial charge in [0, 0.05) is 11.8 Å². The molecule has 0 aliphatic carbocycles. The predicted molar refractivity (Wildman–Crippen MR) is 54.7 cm³/mol. The number of carbonyl (C=O) groups excluding carboxylic acids is 1. The number of ether oxygens (including phenoxy) is 1. The highest BCUT2D eigenvalue weighted by Gasteiger charge is 2.04. The van der Waals surface area contributed by atoms with Crippen LogP contribution in [0, 0.1) is 0 Å². The summed E-state index contributed by atoms with van der Waals surface area (Å²) in [5, 5.41) is 8.74. The van der Waals surface area contributed by atoms with Gasteiger partial charge in [-0.2, -0.15) is 5.10 Å². The summed E-state index contributed by atoms with van der Waals surface area (Å²) in [5.74, 6) is 0.309. The molecule has 0 saturated heterocycles. The standard InChI is InChI=1S/C10H9N3O2/c14-10(15-9-6-7-11-13-9)12-8-4-2-1-3-5-8/h1-7H,(H,11,13)(H,12,14). The Labute approximate surface area is 86.1 Å².